The van der Waals surface area contributed by atoms with E-state index in [9.17, 15) is 9.59 Å². The van der Waals surface area contributed by atoms with Gasteiger partial charge in [0.05, 0.1) is 4.88 Å². The van der Waals surface area contributed by atoms with Crippen molar-refractivity contribution >= 4 is 34.5 Å². The van der Waals surface area contributed by atoms with Crippen molar-refractivity contribution < 1.29 is 9.59 Å². The van der Waals surface area contributed by atoms with Gasteiger partial charge in [-0.05, 0) is 29.6 Å². The van der Waals surface area contributed by atoms with E-state index in [2.05, 4.69) is 5.32 Å². The van der Waals surface area contributed by atoms with Crippen LogP contribution in [0.25, 0.3) is 0 Å². The van der Waals surface area contributed by atoms with Crippen molar-refractivity contribution in [1.29, 1.82) is 0 Å². The maximum absolute atomic E-state index is 11.9. The van der Waals surface area contributed by atoms with Gasteiger partial charge in [-0.2, -0.15) is 0 Å². The van der Waals surface area contributed by atoms with Gasteiger partial charge in [0.1, 0.15) is 0 Å². The van der Waals surface area contributed by atoms with E-state index in [0.717, 1.165) is 5.69 Å². The number of carbonyl (C=O) groups is 2. The van der Waals surface area contributed by atoms with Crippen LogP contribution in [0.1, 0.15) is 16.6 Å². The summed E-state index contributed by atoms with van der Waals surface area (Å²) in [5.74, 6) is -0.195. The van der Waals surface area contributed by atoms with Crippen molar-refractivity contribution in [3.63, 3.8) is 0 Å². The molecule has 1 aromatic carbocycles. The Morgan fingerprint density at radius 2 is 2.00 bits per heavy atom. The van der Waals surface area contributed by atoms with Gasteiger partial charge in [0, 0.05) is 25.3 Å². The average Bonchev–Trinajstić information content (AvgIpc) is 2.92. The highest BCUT2D eigenvalue weighted by atomic mass is 32.1. The molecule has 4 nitrogen and oxygen atoms in total. The van der Waals surface area contributed by atoms with Crippen molar-refractivity contribution in [1.82, 2.24) is 0 Å². The van der Waals surface area contributed by atoms with Crippen LogP contribution in [0.15, 0.2) is 41.8 Å². The Morgan fingerprint density at radius 1 is 1.21 bits per heavy atom. The molecule has 19 heavy (non-hydrogen) atoms. The van der Waals surface area contributed by atoms with Crippen LogP contribution in [0, 0.1) is 0 Å². The summed E-state index contributed by atoms with van der Waals surface area (Å²) < 4.78 is 0. The molecule has 2 amide bonds. The van der Waals surface area contributed by atoms with Crippen LogP contribution in [-0.4, -0.2) is 18.9 Å². The normalized spacial score (nSPS) is 10.0. The maximum Gasteiger partial charge on any atom is 0.265 e. The second kappa shape index (κ2) is 5.67. The lowest BCUT2D eigenvalue weighted by atomic mass is 10.2. The second-order valence-electron chi connectivity index (χ2n) is 4.06. The number of hydrogen-bond donors (Lipinski definition) is 1. The summed E-state index contributed by atoms with van der Waals surface area (Å²) in [6, 6.07) is 10.8. The van der Waals surface area contributed by atoms with Gasteiger partial charge in [-0.3, -0.25) is 9.59 Å². The van der Waals surface area contributed by atoms with Gasteiger partial charge in [0.25, 0.3) is 5.91 Å². The van der Waals surface area contributed by atoms with Crippen molar-refractivity contribution in [3.05, 3.63) is 46.7 Å². The number of nitrogens with one attached hydrogen (secondary N) is 1. The number of thiophene rings is 1. The maximum atomic E-state index is 11.9. The molecule has 0 unspecified atom stereocenters. The molecule has 0 atom stereocenters. The molecular weight excluding hydrogens is 260 g/mol. The van der Waals surface area contributed by atoms with E-state index >= 15 is 0 Å². The lowest BCUT2D eigenvalue weighted by Gasteiger charge is -2.16. The molecule has 1 aromatic heterocycles. The Bertz CT molecular complexity index is 593. The minimum absolute atomic E-state index is 0.0540. The Balaban J connectivity index is 2.15. The fourth-order valence-electron chi connectivity index (χ4n) is 1.57. The van der Waals surface area contributed by atoms with E-state index in [4.69, 9.17) is 0 Å². The van der Waals surface area contributed by atoms with Gasteiger partial charge in [0.15, 0.2) is 0 Å². The smallest absolute Gasteiger partial charge is 0.265 e. The van der Waals surface area contributed by atoms with Crippen molar-refractivity contribution in [2.75, 3.05) is 17.3 Å². The third-order valence-electron chi connectivity index (χ3n) is 2.71. The fraction of sp³-hybridized carbons (Fsp3) is 0.143. The zero-order valence-corrected chi connectivity index (χ0v) is 11.5. The largest absolute Gasteiger partial charge is 0.321 e. The average molecular weight is 274 g/mol. The Labute approximate surface area is 115 Å². The molecule has 0 bridgehead atoms. The second-order valence-corrected chi connectivity index (χ2v) is 5.01. The monoisotopic (exact) mass is 274 g/mol. The van der Waals surface area contributed by atoms with Crippen molar-refractivity contribution in [3.8, 4) is 0 Å². The van der Waals surface area contributed by atoms with Crippen molar-refractivity contribution in [2.24, 2.45) is 0 Å². The molecule has 5 heteroatoms. The standard InChI is InChI=1S/C14H14N2O2S/c1-10(17)16(2)12-6-3-5-11(9-12)15-14(18)13-7-4-8-19-13/h3-9H,1-2H3,(H,15,18). The SMILES string of the molecule is CC(=O)N(C)c1cccc(NC(=O)c2cccs2)c1. The molecular formula is C14H14N2O2S. The highest BCUT2D eigenvalue weighted by Gasteiger charge is 2.09. The van der Waals surface area contributed by atoms with Crippen LogP contribution in [0.5, 0.6) is 0 Å². The van der Waals surface area contributed by atoms with Crippen LogP contribution in [0.4, 0.5) is 11.4 Å². The van der Waals surface area contributed by atoms with Crippen LogP contribution in [-0.2, 0) is 4.79 Å². The summed E-state index contributed by atoms with van der Waals surface area (Å²) in [6.45, 7) is 1.50. The number of carbonyl (C=O) groups excluding carboxylic acids is 2. The van der Waals surface area contributed by atoms with E-state index in [1.165, 1.54) is 23.2 Å². The predicted octanol–water partition coefficient (Wildman–Crippen LogP) is 2.98. The lowest BCUT2D eigenvalue weighted by Crippen LogP contribution is -2.22. The molecule has 0 radical (unpaired) electrons. The minimum Gasteiger partial charge on any atom is -0.321 e. The van der Waals surface area contributed by atoms with Gasteiger partial charge >= 0.3 is 0 Å². The summed E-state index contributed by atoms with van der Waals surface area (Å²) >= 11 is 1.39. The molecule has 1 N–H and O–H groups in total. The molecule has 0 saturated carbocycles. The first-order chi connectivity index (χ1) is 9.08. The molecule has 0 aliphatic rings. The molecule has 0 fully saturated rings. The third-order valence-corrected chi connectivity index (χ3v) is 3.58. The van der Waals surface area contributed by atoms with E-state index in [1.54, 1.807) is 31.3 Å². The highest BCUT2D eigenvalue weighted by Crippen LogP contribution is 2.20. The third kappa shape index (κ3) is 3.20. The topological polar surface area (TPSA) is 49.4 Å². The van der Waals surface area contributed by atoms with Crippen LogP contribution < -0.4 is 10.2 Å². The summed E-state index contributed by atoms with van der Waals surface area (Å²) in [5, 5.41) is 4.67. The van der Waals surface area contributed by atoms with Gasteiger partial charge in [-0.25, -0.2) is 0 Å². The Morgan fingerprint density at radius 3 is 2.63 bits per heavy atom. The van der Waals surface area contributed by atoms with E-state index < -0.39 is 0 Å². The Kier molecular flexibility index (Phi) is 3.97. The Hall–Kier alpha value is -2.14. The molecule has 98 valence electrons. The first-order valence-electron chi connectivity index (χ1n) is 5.77. The molecule has 0 aliphatic heterocycles. The summed E-state index contributed by atoms with van der Waals surface area (Å²) in [7, 11) is 1.70. The van der Waals surface area contributed by atoms with Gasteiger partial charge in [0.2, 0.25) is 5.91 Å². The molecule has 0 spiro atoms. The zero-order chi connectivity index (χ0) is 13.8. The number of hydrogen-bond acceptors (Lipinski definition) is 3. The van der Waals surface area contributed by atoms with E-state index in [0.29, 0.717) is 10.6 Å². The minimum atomic E-state index is -0.141. The van der Waals surface area contributed by atoms with E-state index in [1.807, 2.05) is 17.5 Å². The number of nitrogens with zero attached hydrogens (tertiary/aromatic N) is 1. The first-order valence-corrected chi connectivity index (χ1v) is 6.65. The fourth-order valence-corrected chi connectivity index (χ4v) is 2.19. The zero-order valence-electron chi connectivity index (χ0n) is 10.7. The summed E-state index contributed by atoms with van der Waals surface area (Å²) in [4.78, 5) is 25.4. The lowest BCUT2D eigenvalue weighted by molar-refractivity contribution is -0.116. The molecule has 2 rings (SSSR count). The molecule has 0 saturated heterocycles. The predicted molar refractivity (Wildman–Crippen MR) is 77.8 cm³/mol. The van der Waals surface area contributed by atoms with Crippen LogP contribution in [0.2, 0.25) is 0 Å². The number of rotatable bonds is 3. The van der Waals surface area contributed by atoms with Crippen molar-refractivity contribution in [2.45, 2.75) is 6.92 Å². The number of amides is 2. The number of anilines is 2. The van der Waals surface area contributed by atoms with Gasteiger partial charge in [-0.15, -0.1) is 11.3 Å². The first kappa shape index (κ1) is 13.3. The highest BCUT2D eigenvalue weighted by molar-refractivity contribution is 7.12. The summed E-state index contributed by atoms with van der Waals surface area (Å²) in [6.07, 6.45) is 0. The molecule has 2 aromatic rings. The van der Waals surface area contributed by atoms with E-state index in [-0.39, 0.29) is 11.8 Å². The quantitative estimate of drug-likeness (QED) is 0.935. The molecule has 1 heterocycles. The van der Waals surface area contributed by atoms with Crippen LogP contribution >= 0.6 is 11.3 Å². The molecule has 0 aliphatic carbocycles. The van der Waals surface area contributed by atoms with Gasteiger partial charge in [-0.1, -0.05) is 12.1 Å². The summed E-state index contributed by atoms with van der Waals surface area (Å²) in [5.41, 5.74) is 1.42. The number of benzene rings is 1. The van der Waals surface area contributed by atoms with Crippen LogP contribution in [0.3, 0.4) is 0 Å². The van der Waals surface area contributed by atoms with Gasteiger partial charge < -0.3 is 10.2 Å².